The summed E-state index contributed by atoms with van der Waals surface area (Å²) in [7, 11) is -17.4. The Morgan fingerprint density at radius 2 is 1.70 bits per heavy atom. The van der Waals surface area contributed by atoms with Crippen LogP contribution < -0.4 is 74.6 Å². The second-order valence-electron chi connectivity index (χ2n) is 5.97. The summed E-state index contributed by atoms with van der Waals surface area (Å²) < 4.78 is 51.2. The van der Waals surface area contributed by atoms with Crippen LogP contribution in [0.5, 0.6) is 0 Å². The van der Waals surface area contributed by atoms with Gasteiger partial charge in [0.2, 0.25) is 0 Å². The summed E-state index contributed by atoms with van der Waals surface area (Å²) in [5.41, 5.74) is 5.97. The third kappa shape index (κ3) is 8.06. The molecular formula is C10H14N5Na2O13P3. The Hall–Kier alpha value is 0.640. The van der Waals surface area contributed by atoms with Crippen LogP contribution in [0.2, 0.25) is 0 Å². The number of hydrogen-bond donors (Lipinski definition) is 5. The number of phosphoric acid groups is 3. The van der Waals surface area contributed by atoms with E-state index in [1.54, 1.807) is 0 Å². The van der Waals surface area contributed by atoms with Gasteiger partial charge in [-0.25, -0.2) is 24.1 Å². The van der Waals surface area contributed by atoms with Gasteiger partial charge >= 0.3 is 74.8 Å². The molecule has 6 atom stereocenters. The summed E-state index contributed by atoms with van der Waals surface area (Å²) in [5, 5.41) is 20.4. The molecule has 174 valence electrons. The molecule has 1 aliphatic rings. The van der Waals surface area contributed by atoms with Crippen LogP contribution in [0.4, 0.5) is 5.82 Å². The normalized spacial score (nSPS) is 26.7. The molecule has 0 spiro atoms. The van der Waals surface area contributed by atoms with Crippen LogP contribution in [0, 0.1) is 0 Å². The van der Waals surface area contributed by atoms with E-state index in [4.69, 9.17) is 15.4 Å². The first kappa shape index (κ1) is 31.7. The molecule has 0 saturated carbocycles. The number of imidazole rings is 1. The van der Waals surface area contributed by atoms with E-state index in [1.165, 1.54) is 10.9 Å². The number of nitrogens with two attached hydrogens (primary N) is 1. The van der Waals surface area contributed by atoms with E-state index in [9.17, 15) is 38.6 Å². The van der Waals surface area contributed by atoms with Crippen LogP contribution >= 0.6 is 23.5 Å². The van der Waals surface area contributed by atoms with Crippen LogP contribution in [0.15, 0.2) is 12.7 Å². The molecule has 0 aromatic carbocycles. The summed E-state index contributed by atoms with van der Waals surface area (Å²) in [4.78, 5) is 50.8. The zero-order valence-electron chi connectivity index (χ0n) is 16.8. The fraction of sp³-hybridized carbons (Fsp3) is 0.500. The minimum atomic E-state index is -6.04. The van der Waals surface area contributed by atoms with Gasteiger partial charge in [0.05, 0.1) is 20.8 Å². The summed E-state index contributed by atoms with van der Waals surface area (Å²) >= 11 is 0. The number of fused-ring (bicyclic) bond motifs is 1. The topological polar surface area (TPSA) is 285 Å². The van der Waals surface area contributed by atoms with Crippen molar-refractivity contribution in [1.82, 2.24) is 19.5 Å². The largest absolute Gasteiger partial charge is 1.00 e. The van der Waals surface area contributed by atoms with Gasteiger partial charge in [0, 0.05) is 0 Å². The average Bonchev–Trinajstić information content (AvgIpc) is 3.13. The number of nitrogens with zero attached hydrogens (tertiary/aromatic N) is 4. The molecular weight excluding hydrogens is 542 g/mol. The molecule has 3 heterocycles. The van der Waals surface area contributed by atoms with Crippen molar-refractivity contribution in [1.29, 1.82) is 0 Å². The minimum absolute atomic E-state index is 0. The maximum absolute atomic E-state index is 11.7. The number of nitrogen functional groups attached to an aromatic ring is 1. The quantitative estimate of drug-likeness (QED) is 0.115. The number of ether oxygens (including phenoxy) is 1. The molecule has 0 radical (unpaired) electrons. The number of aliphatic hydroxyl groups is 2. The molecule has 1 fully saturated rings. The number of phosphoric ester groups is 1. The molecule has 6 N–H and O–H groups in total. The smallest absolute Gasteiger partial charge is 0.789 e. The first-order valence-corrected chi connectivity index (χ1v) is 12.3. The fourth-order valence-corrected chi connectivity index (χ4v) is 5.58. The second-order valence-corrected chi connectivity index (χ2v) is 10.3. The Morgan fingerprint density at radius 3 is 2.30 bits per heavy atom. The van der Waals surface area contributed by atoms with Crippen molar-refractivity contribution in [3.63, 3.8) is 0 Å². The molecule has 0 aliphatic carbocycles. The standard InChI is InChI=1S/C10H16N5O13P3.2Na/c11-8-5-9(13-2-12-8)15(3-14-5)10-7(17)6(16)4(26-10)1-25-30(21,22)28-31(23,24)27-29(18,19)20;;/h2-4,6-7,10,16-17H,1H2,(H,21,22)(H,23,24)(H2,11,12,13)(H2,18,19,20);;/q;2*+1/p-2/t4-,6-,7-,10-;;/m1../s1/i1+1,4+1,6+1,7+1,10+1;;. The summed E-state index contributed by atoms with van der Waals surface area (Å²) in [6.45, 7) is -0.987. The van der Waals surface area contributed by atoms with Crippen molar-refractivity contribution >= 4 is 40.4 Å². The van der Waals surface area contributed by atoms with Crippen molar-refractivity contribution in [3.8, 4) is 0 Å². The summed E-state index contributed by atoms with van der Waals surface area (Å²) in [6, 6.07) is 0. The fourth-order valence-electron chi connectivity index (χ4n) is 2.62. The molecule has 0 amide bonds. The van der Waals surface area contributed by atoms with Gasteiger partial charge in [-0.05, 0) is 0 Å². The van der Waals surface area contributed by atoms with Crippen LogP contribution in [0.1, 0.15) is 6.23 Å². The third-order valence-electron chi connectivity index (χ3n) is 3.81. The Bertz CT molecular complexity index is 1120. The van der Waals surface area contributed by atoms with Gasteiger partial charge in [-0.1, -0.05) is 0 Å². The minimum Gasteiger partial charge on any atom is -0.789 e. The monoisotopic (exact) mass is 556 g/mol. The summed E-state index contributed by atoms with van der Waals surface area (Å²) in [6.07, 6.45) is -3.79. The van der Waals surface area contributed by atoms with Crippen molar-refractivity contribution in [2.75, 3.05) is 12.3 Å². The maximum atomic E-state index is 11.7. The molecule has 3 rings (SSSR count). The van der Waals surface area contributed by atoms with E-state index in [1.807, 2.05) is 0 Å². The van der Waals surface area contributed by atoms with E-state index in [0.717, 1.165) is 6.33 Å². The van der Waals surface area contributed by atoms with Crippen molar-refractivity contribution in [3.05, 3.63) is 12.7 Å². The maximum Gasteiger partial charge on any atom is 1.00 e. The van der Waals surface area contributed by atoms with Gasteiger partial charge in [-0.3, -0.25) is 13.4 Å². The number of aliphatic hydroxyl groups excluding tert-OH is 2. The molecule has 18 nitrogen and oxygen atoms in total. The van der Waals surface area contributed by atoms with Crippen LogP contribution in [-0.2, 0) is 31.6 Å². The predicted molar refractivity (Wildman–Crippen MR) is 91.0 cm³/mol. The van der Waals surface area contributed by atoms with E-state index in [0.29, 0.717) is 0 Å². The van der Waals surface area contributed by atoms with Crippen LogP contribution in [0.3, 0.4) is 0 Å². The van der Waals surface area contributed by atoms with Crippen LogP contribution in [-0.4, -0.2) is 64.4 Å². The van der Waals surface area contributed by atoms with Crippen molar-refractivity contribution in [2.45, 2.75) is 24.5 Å². The number of anilines is 1. The van der Waals surface area contributed by atoms with E-state index in [-0.39, 0.29) is 76.1 Å². The zero-order chi connectivity index (χ0) is 23.2. The Kier molecular flexibility index (Phi) is 11.3. The Morgan fingerprint density at radius 1 is 1.06 bits per heavy atom. The zero-order valence-corrected chi connectivity index (χ0v) is 23.5. The van der Waals surface area contributed by atoms with Gasteiger partial charge < -0.3 is 44.8 Å². The molecule has 2 aromatic heterocycles. The molecule has 1 aliphatic heterocycles. The van der Waals surface area contributed by atoms with Crippen molar-refractivity contribution < 1.29 is 120 Å². The molecule has 0 bridgehead atoms. The average molecular weight is 556 g/mol. The predicted octanol–water partition coefficient (Wildman–Crippen LogP) is -8.89. The molecule has 1 saturated heterocycles. The number of hydrogen-bond acceptors (Lipinski definition) is 15. The SMILES string of the molecule is Nc1ncnc2c1ncn2[13C@@H]1O[13C@H]([13CH2]OP(=O)(O)OP(=O)(O)OP(=O)([O-])[O-])[13C@@H](O)[13C@H]1O.[Na+].[Na+]. The van der Waals surface area contributed by atoms with Crippen molar-refractivity contribution in [2.24, 2.45) is 0 Å². The molecule has 23 heteroatoms. The first-order valence-electron chi connectivity index (χ1n) is 7.88. The summed E-state index contributed by atoms with van der Waals surface area (Å²) in [5.74, 6) is 0.0337. The van der Waals surface area contributed by atoms with Gasteiger partial charge in [0.25, 0.3) is 0 Å². The first-order chi connectivity index (χ1) is 14.2. The third-order valence-corrected chi connectivity index (χ3v) is 7.56. The van der Waals surface area contributed by atoms with Gasteiger partial charge in [-0.2, -0.15) is 4.31 Å². The van der Waals surface area contributed by atoms with Gasteiger partial charge in [0.1, 0.15) is 30.2 Å². The number of aromatic nitrogens is 4. The number of rotatable bonds is 8. The molecule has 2 aromatic rings. The van der Waals surface area contributed by atoms with Gasteiger partial charge in [0.15, 0.2) is 17.7 Å². The van der Waals surface area contributed by atoms with E-state index < -0.39 is 54.6 Å². The van der Waals surface area contributed by atoms with E-state index >= 15 is 0 Å². The Balaban J connectivity index is 0.00000272. The Labute approximate surface area is 228 Å². The molecule has 33 heavy (non-hydrogen) atoms. The van der Waals surface area contributed by atoms with E-state index in [2.05, 4.69) is 28.1 Å². The second kappa shape index (κ2) is 11.8. The molecule has 2 unspecified atom stereocenters. The van der Waals surface area contributed by atoms with Gasteiger partial charge in [-0.15, -0.1) is 0 Å². The van der Waals surface area contributed by atoms with Crippen LogP contribution in [0.25, 0.3) is 11.2 Å².